The largest absolute Gasteiger partial charge is 0.368 e. The Bertz CT molecular complexity index is 950. The van der Waals surface area contributed by atoms with Crippen molar-refractivity contribution in [3.05, 3.63) is 47.7 Å². The molecule has 1 aromatic carbocycles. The van der Waals surface area contributed by atoms with Crippen LogP contribution in [-0.4, -0.2) is 60.5 Å². The number of hydrogen-bond donors (Lipinski definition) is 2. The van der Waals surface area contributed by atoms with E-state index in [2.05, 4.69) is 44.0 Å². The standard InChI is InChI=1S/C20H24ClN7S/c1-27(15-5-3-2-4-6-15)29-12-9-23-19-16-13-18(21)24-14-17(16)25-20(26-19)28-10-7-22-8-11-28/h2-6,13-14,22H,7-12H2,1H3,(H,23,25,26). The minimum absolute atomic E-state index is 0.442. The molecule has 0 spiro atoms. The summed E-state index contributed by atoms with van der Waals surface area (Å²) < 4.78 is 2.17. The van der Waals surface area contributed by atoms with Crippen LogP contribution in [0, 0.1) is 0 Å². The summed E-state index contributed by atoms with van der Waals surface area (Å²) in [6.07, 6.45) is 1.72. The lowest BCUT2D eigenvalue weighted by molar-refractivity contribution is 0.580. The fourth-order valence-corrected chi connectivity index (χ4v) is 4.10. The molecule has 1 aliphatic heterocycles. The van der Waals surface area contributed by atoms with E-state index >= 15 is 0 Å². The smallest absolute Gasteiger partial charge is 0.228 e. The quantitative estimate of drug-likeness (QED) is 0.337. The van der Waals surface area contributed by atoms with Gasteiger partial charge in [-0.1, -0.05) is 29.8 Å². The van der Waals surface area contributed by atoms with Gasteiger partial charge in [-0.2, -0.15) is 4.98 Å². The molecule has 4 rings (SSSR count). The normalized spacial score (nSPS) is 14.2. The molecule has 0 amide bonds. The van der Waals surface area contributed by atoms with E-state index in [1.165, 1.54) is 5.69 Å². The molecular formula is C20H24ClN7S. The molecule has 152 valence electrons. The highest BCUT2D eigenvalue weighted by Gasteiger charge is 2.16. The average molecular weight is 430 g/mol. The molecule has 3 heterocycles. The molecular weight excluding hydrogens is 406 g/mol. The predicted molar refractivity (Wildman–Crippen MR) is 123 cm³/mol. The molecule has 2 N–H and O–H groups in total. The fraction of sp³-hybridized carbons (Fsp3) is 0.350. The van der Waals surface area contributed by atoms with E-state index in [4.69, 9.17) is 21.6 Å². The van der Waals surface area contributed by atoms with Crippen molar-refractivity contribution in [1.29, 1.82) is 0 Å². The third kappa shape index (κ3) is 5.01. The number of para-hydroxylation sites is 1. The van der Waals surface area contributed by atoms with E-state index in [-0.39, 0.29) is 0 Å². The molecule has 7 nitrogen and oxygen atoms in total. The third-order valence-corrected chi connectivity index (χ3v) is 5.93. The SMILES string of the molecule is CN(SCCNc1nc(N2CCNCC2)nc2cnc(Cl)cc12)c1ccccc1. The summed E-state index contributed by atoms with van der Waals surface area (Å²) in [6, 6.07) is 12.2. The minimum Gasteiger partial charge on any atom is -0.368 e. The van der Waals surface area contributed by atoms with Crippen LogP contribution in [-0.2, 0) is 0 Å². The number of fused-ring (bicyclic) bond motifs is 1. The van der Waals surface area contributed by atoms with Crippen LogP contribution in [0.4, 0.5) is 17.5 Å². The molecule has 0 bridgehead atoms. The Hall–Kier alpha value is -2.29. The van der Waals surface area contributed by atoms with Crippen LogP contribution < -0.4 is 19.8 Å². The van der Waals surface area contributed by atoms with E-state index in [0.29, 0.717) is 5.15 Å². The van der Waals surface area contributed by atoms with Crippen LogP contribution >= 0.6 is 23.5 Å². The Labute approximate surface area is 180 Å². The second-order valence-corrected chi connectivity index (χ2v) is 8.33. The van der Waals surface area contributed by atoms with Gasteiger partial charge < -0.3 is 19.8 Å². The molecule has 1 aliphatic rings. The van der Waals surface area contributed by atoms with Crippen molar-refractivity contribution in [2.75, 3.05) is 60.0 Å². The average Bonchev–Trinajstić information content (AvgIpc) is 2.77. The zero-order valence-corrected chi connectivity index (χ0v) is 17.9. The summed E-state index contributed by atoms with van der Waals surface area (Å²) in [4.78, 5) is 15.9. The van der Waals surface area contributed by atoms with Gasteiger partial charge >= 0.3 is 0 Å². The van der Waals surface area contributed by atoms with Gasteiger partial charge in [0.1, 0.15) is 11.0 Å². The second kappa shape index (κ2) is 9.47. The Morgan fingerprint density at radius 1 is 1.21 bits per heavy atom. The molecule has 0 aliphatic carbocycles. The number of piperazine rings is 1. The number of benzene rings is 1. The zero-order valence-electron chi connectivity index (χ0n) is 16.3. The summed E-state index contributed by atoms with van der Waals surface area (Å²) in [6.45, 7) is 4.43. The van der Waals surface area contributed by atoms with E-state index < -0.39 is 0 Å². The van der Waals surface area contributed by atoms with Gasteiger partial charge in [0.15, 0.2) is 0 Å². The molecule has 3 aromatic rings. The number of pyridine rings is 1. The second-order valence-electron chi connectivity index (χ2n) is 6.73. The minimum atomic E-state index is 0.442. The molecule has 1 saturated heterocycles. The third-order valence-electron chi connectivity index (χ3n) is 4.74. The topological polar surface area (TPSA) is 69.2 Å². The van der Waals surface area contributed by atoms with E-state index in [9.17, 15) is 0 Å². The Morgan fingerprint density at radius 2 is 2.00 bits per heavy atom. The first kappa shape index (κ1) is 20.0. The molecule has 29 heavy (non-hydrogen) atoms. The first-order valence-electron chi connectivity index (χ1n) is 9.65. The first-order chi connectivity index (χ1) is 14.2. The molecule has 1 fully saturated rings. The molecule has 0 unspecified atom stereocenters. The van der Waals surface area contributed by atoms with Crippen molar-refractivity contribution in [2.24, 2.45) is 0 Å². The number of rotatable bonds is 7. The number of nitrogens with one attached hydrogen (secondary N) is 2. The fourth-order valence-electron chi connectivity index (χ4n) is 3.20. The van der Waals surface area contributed by atoms with Crippen molar-refractivity contribution < 1.29 is 0 Å². The van der Waals surface area contributed by atoms with E-state index in [0.717, 1.165) is 61.1 Å². The summed E-state index contributed by atoms with van der Waals surface area (Å²) >= 11 is 7.89. The highest BCUT2D eigenvalue weighted by atomic mass is 35.5. The van der Waals surface area contributed by atoms with Gasteiger partial charge in [0.25, 0.3) is 0 Å². The number of hydrogen-bond acceptors (Lipinski definition) is 8. The Kier molecular flexibility index (Phi) is 6.53. The molecule has 0 saturated carbocycles. The Balaban J connectivity index is 1.47. The van der Waals surface area contributed by atoms with Crippen molar-refractivity contribution in [2.45, 2.75) is 0 Å². The first-order valence-corrected chi connectivity index (χ1v) is 11.0. The number of nitrogens with zero attached hydrogens (tertiary/aromatic N) is 5. The lowest BCUT2D eigenvalue weighted by Gasteiger charge is -2.28. The maximum atomic E-state index is 6.13. The Morgan fingerprint density at radius 3 is 2.79 bits per heavy atom. The van der Waals surface area contributed by atoms with Gasteiger partial charge in [-0.25, -0.2) is 9.97 Å². The highest BCUT2D eigenvalue weighted by Crippen LogP contribution is 2.26. The summed E-state index contributed by atoms with van der Waals surface area (Å²) in [7, 11) is 2.08. The van der Waals surface area contributed by atoms with E-state index in [1.54, 1.807) is 18.1 Å². The van der Waals surface area contributed by atoms with Crippen molar-refractivity contribution in [1.82, 2.24) is 20.3 Å². The molecule has 0 radical (unpaired) electrons. The van der Waals surface area contributed by atoms with Crippen LogP contribution in [0.2, 0.25) is 5.15 Å². The highest BCUT2D eigenvalue weighted by molar-refractivity contribution is 8.00. The van der Waals surface area contributed by atoms with Crippen molar-refractivity contribution in [3.63, 3.8) is 0 Å². The maximum absolute atomic E-state index is 6.13. The van der Waals surface area contributed by atoms with Crippen LogP contribution in [0.5, 0.6) is 0 Å². The molecule has 2 aromatic heterocycles. The van der Waals surface area contributed by atoms with Gasteiger partial charge in [0, 0.05) is 56.6 Å². The monoisotopic (exact) mass is 429 g/mol. The van der Waals surface area contributed by atoms with Crippen molar-refractivity contribution in [3.8, 4) is 0 Å². The lowest BCUT2D eigenvalue weighted by atomic mass is 10.3. The zero-order chi connectivity index (χ0) is 20.1. The predicted octanol–water partition coefficient (Wildman–Crippen LogP) is 3.28. The summed E-state index contributed by atoms with van der Waals surface area (Å²) in [5, 5.41) is 8.17. The lowest BCUT2D eigenvalue weighted by Crippen LogP contribution is -2.44. The van der Waals surface area contributed by atoms with Gasteiger partial charge in [0.2, 0.25) is 5.95 Å². The van der Waals surface area contributed by atoms with Crippen LogP contribution in [0.3, 0.4) is 0 Å². The van der Waals surface area contributed by atoms with Crippen LogP contribution in [0.15, 0.2) is 42.6 Å². The molecule has 9 heteroatoms. The van der Waals surface area contributed by atoms with E-state index in [1.807, 2.05) is 24.3 Å². The number of anilines is 3. The van der Waals surface area contributed by atoms with Gasteiger partial charge in [-0.3, -0.25) is 0 Å². The van der Waals surface area contributed by atoms with Crippen LogP contribution in [0.25, 0.3) is 10.9 Å². The van der Waals surface area contributed by atoms with Gasteiger partial charge in [-0.15, -0.1) is 0 Å². The van der Waals surface area contributed by atoms with Gasteiger partial charge in [-0.05, 0) is 30.1 Å². The number of halogens is 1. The summed E-state index contributed by atoms with van der Waals surface area (Å²) in [5.74, 6) is 2.44. The summed E-state index contributed by atoms with van der Waals surface area (Å²) in [5.41, 5.74) is 1.98. The van der Waals surface area contributed by atoms with Crippen molar-refractivity contribution >= 4 is 51.9 Å². The number of aromatic nitrogens is 3. The molecule has 0 atom stereocenters. The van der Waals surface area contributed by atoms with Gasteiger partial charge in [0.05, 0.1) is 11.7 Å². The maximum Gasteiger partial charge on any atom is 0.228 e. The van der Waals surface area contributed by atoms with Crippen LogP contribution in [0.1, 0.15) is 0 Å².